The van der Waals surface area contributed by atoms with Gasteiger partial charge in [-0.05, 0) is 42.5 Å². The Morgan fingerprint density at radius 2 is 1.67 bits per heavy atom. The zero-order valence-corrected chi connectivity index (χ0v) is 16.5. The van der Waals surface area contributed by atoms with Crippen molar-refractivity contribution < 1.29 is 4.79 Å². The molecule has 1 fully saturated rings. The summed E-state index contributed by atoms with van der Waals surface area (Å²) in [6.45, 7) is 5.17. The number of halogens is 1. The molecule has 1 N–H and O–H groups in total. The quantitative estimate of drug-likeness (QED) is 0.735. The number of carbonyl (C=O) groups excluding carboxylic acids is 1. The van der Waals surface area contributed by atoms with Gasteiger partial charge in [-0.3, -0.25) is 4.90 Å². The summed E-state index contributed by atoms with van der Waals surface area (Å²) < 4.78 is 0. The summed E-state index contributed by atoms with van der Waals surface area (Å²) in [4.78, 5) is 16.7. The maximum absolute atomic E-state index is 12.3. The van der Waals surface area contributed by atoms with Crippen LogP contribution in [0.3, 0.4) is 0 Å². The highest BCUT2D eigenvalue weighted by atomic mass is 35.5. The van der Waals surface area contributed by atoms with E-state index in [1.54, 1.807) is 0 Å². The van der Waals surface area contributed by atoms with Crippen LogP contribution in [-0.4, -0.2) is 55.1 Å². The van der Waals surface area contributed by atoms with E-state index in [2.05, 4.69) is 40.5 Å². The molecule has 0 aromatic heterocycles. The summed E-state index contributed by atoms with van der Waals surface area (Å²) in [6.07, 6.45) is 2.96. The monoisotopic (exact) mass is 385 g/mol. The van der Waals surface area contributed by atoms with Crippen LogP contribution in [0.1, 0.15) is 17.5 Å². The third kappa shape index (κ3) is 6.56. The predicted molar refractivity (Wildman–Crippen MR) is 111 cm³/mol. The second kappa shape index (κ2) is 10.3. The van der Waals surface area contributed by atoms with Gasteiger partial charge in [-0.15, -0.1) is 0 Å². The molecule has 27 heavy (non-hydrogen) atoms. The first kappa shape index (κ1) is 19.7. The molecule has 0 saturated carbocycles. The molecule has 1 aliphatic heterocycles. The molecule has 2 aromatic carbocycles. The second-order valence-electron chi connectivity index (χ2n) is 7.03. The minimum Gasteiger partial charge on any atom is -0.338 e. The van der Waals surface area contributed by atoms with E-state index in [1.807, 2.05) is 29.2 Å². The molecular weight excluding hydrogens is 358 g/mol. The Morgan fingerprint density at radius 3 is 2.41 bits per heavy atom. The molecule has 4 nitrogen and oxygen atoms in total. The van der Waals surface area contributed by atoms with Crippen LogP contribution in [0.25, 0.3) is 0 Å². The average Bonchev–Trinajstić information content (AvgIpc) is 2.71. The van der Waals surface area contributed by atoms with E-state index < -0.39 is 0 Å². The fourth-order valence-electron chi connectivity index (χ4n) is 3.40. The topological polar surface area (TPSA) is 35.6 Å². The number of amides is 2. The highest BCUT2D eigenvalue weighted by Gasteiger charge is 2.20. The molecule has 0 atom stereocenters. The van der Waals surface area contributed by atoms with Gasteiger partial charge in [-0.25, -0.2) is 4.79 Å². The van der Waals surface area contributed by atoms with Gasteiger partial charge in [0.15, 0.2) is 0 Å². The van der Waals surface area contributed by atoms with Crippen molar-refractivity contribution in [3.63, 3.8) is 0 Å². The van der Waals surface area contributed by atoms with E-state index in [0.717, 1.165) is 63.6 Å². The zero-order valence-electron chi connectivity index (χ0n) is 15.7. The molecule has 3 rings (SSSR count). The molecule has 0 unspecified atom stereocenters. The number of nitrogens with one attached hydrogen (secondary N) is 1. The van der Waals surface area contributed by atoms with E-state index in [9.17, 15) is 4.79 Å². The Hall–Kier alpha value is -2.04. The summed E-state index contributed by atoms with van der Waals surface area (Å²) in [5, 5.41) is 3.85. The first-order valence-corrected chi connectivity index (χ1v) is 10.1. The Labute approximate surface area is 167 Å². The second-order valence-corrected chi connectivity index (χ2v) is 7.47. The van der Waals surface area contributed by atoms with Gasteiger partial charge in [-0.1, -0.05) is 54.1 Å². The lowest BCUT2D eigenvalue weighted by molar-refractivity contribution is 0.140. The number of carbonyl (C=O) groups is 1. The van der Waals surface area contributed by atoms with Gasteiger partial charge < -0.3 is 10.2 Å². The van der Waals surface area contributed by atoms with Gasteiger partial charge in [-0.2, -0.15) is 0 Å². The Morgan fingerprint density at radius 1 is 0.926 bits per heavy atom. The summed E-state index contributed by atoms with van der Waals surface area (Å²) in [6, 6.07) is 18.5. The van der Waals surface area contributed by atoms with E-state index in [0.29, 0.717) is 0 Å². The molecule has 2 aromatic rings. The molecule has 0 aliphatic carbocycles. The largest absolute Gasteiger partial charge is 0.338 e. The van der Waals surface area contributed by atoms with Crippen molar-refractivity contribution in [3.05, 3.63) is 70.7 Å². The van der Waals surface area contributed by atoms with Crippen LogP contribution in [-0.2, 0) is 12.8 Å². The number of urea groups is 1. The van der Waals surface area contributed by atoms with Gasteiger partial charge in [0.2, 0.25) is 0 Å². The van der Waals surface area contributed by atoms with Crippen LogP contribution in [0.4, 0.5) is 4.79 Å². The molecule has 0 bridgehead atoms. The van der Waals surface area contributed by atoms with Crippen LogP contribution in [0, 0.1) is 0 Å². The first-order chi connectivity index (χ1) is 13.2. The third-order valence-corrected chi connectivity index (χ3v) is 5.26. The Kier molecular flexibility index (Phi) is 7.55. The van der Waals surface area contributed by atoms with Gasteiger partial charge in [0.05, 0.1) is 0 Å². The maximum atomic E-state index is 12.3. The molecule has 5 heteroatoms. The lowest BCUT2D eigenvalue weighted by Gasteiger charge is -2.34. The van der Waals surface area contributed by atoms with Crippen molar-refractivity contribution in [2.24, 2.45) is 0 Å². The average molecular weight is 386 g/mol. The van der Waals surface area contributed by atoms with Gasteiger partial charge in [0.25, 0.3) is 0 Å². The van der Waals surface area contributed by atoms with Gasteiger partial charge in [0.1, 0.15) is 0 Å². The Balaban J connectivity index is 1.30. The molecule has 1 heterocycles. The maximum Gasteiger partial charge on any atom is 0.317 e. The highest BCUT2D eigenvalue weighted by Crippen LogP contribution is 2.12. The number of rotatable bonds is 7. The highest BCUT2D eigenvalue weighted by molar-refractivity contribution is 6.30. The molecule has 2 amide bonds. The molecule has 1 saturated heterocycles. The zero-order chi connectivity index (χ0) is 18.9. The number of benzene rings is 2. The minimum atomic E-state index is 0.0672. The molecule has 1 aliphatic rings. The van der Waals surface area contributed by atoms with Crippen molar-refractivity contribution >= 4 is 17.6 Å². The van der Waals surface area contributed by atoms with Crippen LogP contribution < -0.4 is 5.32 Å². The van der Waals surface area contributed by atoms with Crippen LogP contribution >= 0.6 is 11.6 Å². The lowest BCUT2D eigenvalue weighted by atomic mass is 10.1. The third-order valence-electron chi connectivity index (χ3n) is 5.03. The number of hydrogen-bond acceptors (Lipinski definition) is 2. The van der Waals surface area contributed by atoms with Crippen LogP contribution in [0.2, 0.25) is 5.02 Å². The van der Waals surface area contributed by atoms with Crippen molar-refractivity contribution in [1.29, 1.82) is 0 Å². The van der Waals surface area contributed by atoms with E-state index in [-0.39, 0.29) is 6.03 Å². The first-order valence-electron chi connectivity index (χ1n) is 9.74. The molecule has 0 radical (unpaired) electrons. The van der Waals surface area contributed by atoms with Gasteiger partial charge >= 0.3 is 6.03 Å². The molecular formula is C22H28ClN3O. The standard InChI is InChI=1S/C22H28ClN3O/c23-21-10-4-8-20(18-21)11-13-25-14-16-26(17-15-25)22(27)24-12-5-9-19-6-2-1-3-7-19/h1-4,6-8,10,18H,5,9,11-17H2,(H,24,27). The number of piperazine rings is 1. The number of hydrogen-bond donors (Lipinski definition) is 1. The summed E-state index contributed by atoms with van der Waals surface area (Å²) in [5.41, 5.74) is 2.58. The van der Waals surface area contributed by atoms with Crippen molar-refractivity contribution in [3.8, 4) is 0 Å². The predicted octanol–water partition coefficient (Wildman–Crippen LogP) is 3.84. The van der Waals surface area contributed by atoms with Gasteiger partial charge in [0, 0.05) is 44.3 Å². The number of nitrogens with zero attached hydrogens (tertiary/aromatic N) is 2. The van der Waals surface area contributed by atoms with E-state index in [1.165, 1.54) is 11.1 Å². The summed E-state index contributed by atoms with van der Waals surface area (Å²) >= 11 is 6.04. The molecule has 144 valence electrons. The summed E-state index contributed by atoms with van der Waals surface area (Å²) in [5.74, 6) is 0. The van der Waals surface area contributed by atoms with Crippen molar-refractivity contribution in [2.45, 2.75) is 19.3 Å². The lowest BCUT2D eigenvalue weighted by Crippen LogP contribution is -2.52. The van der Waals surface area contributed by atoms with Crippen LogP contribution in [0.15, 0.2) is 54.6 Å². The SMILES string of the molecule is O=C(NCCCc1ccccc1)N1CCN(CCc2cccc(Cl)c2)CC1. The van der Waals surface area contributed by atoms with E-state index in [4.69, 9.17) is 11.6 Å². The normalized spacial score (nSPS) is 14.9. The number of aryl methyl sites for hydroxylation is 1. The fourth-order valence-corrected chi connectivity index (χ4v) is 3.61. The minimum absolute atomic E-state index is 0.0672. The fraction of sp³-hybridized carbons (Fsp3) is 0.409. The van der Waals surface area contributed by atoms with Crippen molar-refractivity contribution in [1.82, 2.24) is 15.1 Å². The smallest absolute Gasteiger partial charge is 0.317 e. The van der Waals surface area contributed by atoms with E-state index >= 15 is 0 Å². The van der Waals surface area contributed by atoms with Crippen LogP contribution in [0.5, 0.6) is 0 Å². The molecule has 0 spiro atoms. The summed E-state index contributed by atoms with van der Waals surface area (Å²) in [7, 11) is 0. The Bertz CT molecular complexity index is 715. The van der Waals surface area contributed by atoms with Crippen molar-refractivity contribution in [2.75, 3.05) is 39.3 Å².